The quantitative estimate of drug-likeness (QED) is 0.521. The number of amides is 3. The SMILES string of the molecule is COC(=O)CCn1c(=NC(=O)CN2C(=O)CCC2=O)sc2ccc(OC)cc21. The maximum absolute atomic E-state index is 12.4. The number of hydrogen-bond acceptors (Lipinski definition) is 7. The largest absolute Gasteiger partial charge is 0.497 e. The van der Waals surface area contributed by atoms with Crippen molar-refractivity contribution in [3.63, 3.8) is 0 Å². The molecule has 148 valence electrons. The monoisotopic (exact) mass is 405 g/mol. The smallest absolute Gasteiger partial charge is 0.307 e. The molecule has 0 aliphatic carbocycles. The van der Waals surface area contributed by atoms with E-state index in [9.17, 15) is 19.2 Å². The highest BCUT2D eigenvalue weighted by Gasteiger charge is 2.30. The molecule has 9 nitrogen and oxygen atoms in total. The van der Waals surface area contributed by atoms with Gasteiger partial charge in [-0.1, -0.05) is 11.3 Å². The number of carbonyl (C=O) groups excluding carboxylic acids is 4. The lowest BCUT2D eigenvalue weighted by atomic mass is 10.3. The molecule has 1 aliphatic rings. The Balaban J connectivity index is 1.96. The van der Waals surface area contributed by atoms with E-state index < -0.39 is 5.91 Å². The van der Waals surface area contributed by atoms with E-state index in [0.717, 1.165) is 15.1 Å². The number of ether oxygens (including phenoxy) is 2. The van der Waals surface area contributed by atoms with Crippen molar-refractivity contribution in [2.75, 3.05) is 20.8 Å². The fourth-order valence-corrected chi connectivity index (χ4v) is 3.91. The maximum Gasteiger partial charge on any atom is 0.307 e. The minimum atomic E-state index is -0.603. The number of methoxy groups -OCH3 is 2. The molecule has 3 amide bonds. The van der Waals surface area contributed by atoms with E-state index in [-0.39, 0.29) is 50.1 Å². The highest BCUT2D eigenvalue weighted by Crippen LogP contribution is 2.23. The summed E-state index contributed by atoms with van der Waals surface area (Å²) < 4.78 is 12.5. The summed E-state index contributed by atoms with van der Waals surface area (Å²) in [7, 11) is 2.85. The molecule has 1 aromatic carbocycles. The molecule has 0 bridgehead atoms. The molecule has 0 N–H and O–H groups in total. The van der Waals surface area contributed by atoms with Crippen molar-refractivity contribution in [2.45, 2.75) is 25.8 Å². The van der Waals surface area contributed by atoms with Gasteiger partial charge >= 0.3 is 5.97 Å². The average Bonchev–Trinajstić information content (AvgIpc) is 3.19. The summed E-state index contributed by atoms with van der Waals surface area (Å²) >= 11 is 1.27. The predicted molar refractivity (Wildman–Crippen MR) is 99.5 cm³/mol. The van der Waals surface area contributed by atoms with Crippen LogP contribution in [-0.4, -0.2) is 53.9 Å². The number of benzene rings is 1. The van der Waals surface area contributed by atoms with Crippen molar-refractivity contribution in [2.24, 2.45) is 4.99 Å². The second kappa shape index (κ2) is 8.34. The zero-order valence-electron chi connectivity index (χ0n) is 15.5. The molecule has 1 fully saturated rings. The van der Waals surface area contributed by atoms with Gasteiger partial charge in [0.05, 0.1) is 30.9 Å². The van der Waals surface area contributed by atoms with Crippen LogP contribution >= 0.6 is 11.3 Å². The molecule has 1 aliphatic heterocycles. The molecule has 0 spiro atoms. The minimum Gasteiger partial charge on any atom is -0.497 e. The van der Waals surface area contributed by atoms with Gasteiger partial charge in [-0.25, -0.2) is 0 Å². The first-order chi connectivity index (χ1) is 13.4. The average molecular weight is 405 g/mol. The lowest BCUT2D eigenvalue weighted by Gasteiger charge is -2.10. The summed E-state index contributed by atoms with van der Waals surface area (Å²) in [5.41, 5.74) is 0.758. The van der Waals surface area contributed by atoms with Gasteiger partial charge in [-0.2, -0.15) is 4.99 Å². The third kappa shape index (κ3) is 4.11. The van der Waals surface area contributed by atoms with Crippen LogP contribution in [0.1, 0.15) is 19.3 Å². The first-order valence-electron chi connectivity index (χ1n) is 8.58. The van der Waals surface area contributed by atoms with Crippen LogP contribution < -0.4 is 9.54 Å². The molecule has 10 heteroatoms. The first-order valence-corrected chi connectivity index (χ1v) is 9.39. The van der Waals surface area contributed by atoms with E-state index in [0.29, 0.717) is 10.6 Å². The maximum atomic E-state index is 12.4. The zero-order valence-corrected chi connectivity index (χ0v) is 16.3. The van der Waals surface area contributed by atoms with E-state index >= 15 is 0 Å². The molecule has 0 radical (unpaired) electrons. The van der Waals surface area contributed by atoms with E-state index in [1.54, 1.807) is 23.8 Å². The number of aryl methyl sites for hydroxylation is 1. The summed E-state index contributed by atoms with van der Waals surface area (Å²) in [5, 5.41) is 0. The molecule has 2 aromatic rings. The number of esters is 1. The van der Waals surface area contributed by atoms with Gasteiger partial charge in [0.15, 0.2) is 4.80 Å². The molecule has 28 heavy (non-hydrogen) atoms. The van der Waals surface area contributed by atoms with Crippen molar-refractivity contribution in [1.29, 1.82) is 0 Å². The molecule has 0 saturated carbocycles. The molecule has 0 atom stereocenters. The number of hydrogen-bond donors (Lipinski definition) is 0. The van der Waals surface area contributed by atoms with Crippen molar-refractivity contribution >= 4 is 45.2 Å². The number of aromatic nitrogens is 1. The Labute approximate surface area is 164 Å². The van der Waals surface area contributed by atoms with Crippen LogP contribution in [-0.2, 0) is 30.5 Å². The van der Waals surface area contributed by atoms with Crippen LogP contribution in [0.15, 0.2) is 23.2 Å². The van der Waals surface area contributed by atoms with Gasteiger partial charge in [0.25, 0.3) is 5.91 Å². The molecular formula is C18H19N3O6S. The lowest BCUT2D eigenvalue weighted by Crippen LogP contribution is -2.34. The Morgan fingerprint density at radius 1 is 1.18 bits per heavy atom. The van der Waals surface area contributed by atoms with Crippen LogP contribution in [0.2, 0.25) is 0 Å². The van der Waals surface area contributed by atoms with E-state index in [1.165, 1.54) is 18.4 Å². The fourth-order valence-electron chi connectivity index (χ4n) is 2.86. The van der Waals surface area contributed by atoms with Gasteiger partial charge in [0.1, 0.15) is 12.3 Å². The molecule has 1 saturated heterocycles. The number of nitrogens with zero attached hydrogens (tertiary/aromatic N) is 3. The summed E-state index contributed by atoms with van der Waals surface area (Å²) in [6, 6.07) is 5.42. The molecule has 2 heterocycles. The third-order valence-corrected chi connectivity index (χ3v) is 5.38. The topological polar surface area (TPSA) is 107 Å². The summed E-state index contributed by atoms with van der Waals surface area (Å²) in [4.78, 5) is 52.7. The predicted octanol–water partition coefficient (Wildman–Crippen LogP) is 0.851. The second-order valence-electron chi connectivity index (χ2n) is 6.08. The van der Waals surface area contributed by atoms with Crippen molar-refractivity contribution in [3.8, 4) is 5.75 Å². The summed E-state index contributed by atoms with van der Waals surface area (Å²) in [6.45, 7) is -0.125. The Morgan fingerprint density at radius 2 is 1.89 bits per heavy atom. The zero-order chi connectivity index (χ0) is 20.3. The van der Waals surface area contributed by atoms with Gasteiger partial charge in [-0.3, -0.25) is 24.1 Å². The van der Waals surface area contributed by atoms with Crippen LogP contribution in [0.3, 0.4) is 0 Å². The van der Waals surface area contributed by atoms with Gasteiger partial charge in [-0.15, -0.1) is 0 Å². The minimum absolute atomic E-state index is 0.101. The number of imide groups is 1. The number of likely N-dealkylation sites (tertiary alicyclic amines) is 1. The van der Waals surface area contributed by atoms with Crippen molar-refractivity contribution in [3.05, 3.63) is 23.0 Å². The number of carbonyl (C=O) groups is 4. The van der Waals surface area contributed by atoms with Gasteiger partial charge in [0, 0.05) is 25.5 Å². The lowest BCUT2D eigenvalue weighted by molar-refractivity contribution is -0.142. The number of thiazole rings is 1. The molecule has 3 rings (SSSR count). The molecular weight excluding hydrogens is 386 g/mol. The van der Waals surface area contributed by atoms with Gasteiger partial charge in [-0.05, 0) is 12.1 Å². The van der Waals surface area contributed by atoms with E-state index in [1.807, 2.05) is 6.07 Å². The number of rotatable bonds is 6. The summed E-state index contributed by atoms with van der Waals surface area (Å²) in [5.74, 6) is -1.10. The second-order valence-corrected chi connectivity index (χ2v) is 7.08. The van der Waals surface area contributed by atoms with Gasteiger partial charge in [0.2, 0.25) is 11.8 Å². The van der Waals surface area contributed by atoms with Gasteiger partial charge < -0.3 is 14.0 Å². The number of fused-ring (bicyclic) bond motifs is 1. The van der Waals surface area contributed by atoms with E-state index in [4.69, 9.17) is 4.74 Å². The van der Waals surface area contributed by atoms with Crippen LogP contribution in [0, 0.1) is 0 Å². The fraction of sp³-hybridized carbons (Fsp3) is 0.389. The van der Waals surface area contributed by atoms with Crippen LogP contribution in [0.5, 0.6) is 5.75 Å². The standard InChI is InChI=1S/C18H19N3O6S/c1-26-11-3-4-13-12(9-11)20(8-7-17(25)27-2)18(28-13)19-14(22)10-21-15(23)5-6-16(21)24/h3-4,9H,5-8,10H2,1-2H3. The highest BCUT2D eigenvalue weighted by molar-refractivity contribution is 7.16. The van der Waals surface area contributed by atoms with Crippen LogP contribution in [0.4, 0.5) is 0 Å². The molecule has 1 aromatic heterocycles. The third-order valence-electron chi connectivity index (χ3n) is 4.32. The Kier molecular flexibility index (Phi) is 5.88. The molecule has 0 unspecified atom stereocenters. The van der Waals surface area contributed by atoms with Crippen molar-refractivity contribution in [1.82, 2.24) is 9.47 Å². The van der Waals surface area contributed by atoms with Crippen molar-refractivity contribution < 1.29 is 28.7 Å². The van der Waals surface area contributed by atoms with Crippen LogP contribution in [0.25, 0.3) is 10.2 Å². The Hall–Kier alpha value is -3.01. The first kappa shape index (κ1) is 19.7. The summed E-state index contributed by atoms with van der Waals surface area (Å²) in [6.07, 6.45) is 0.339. The highest BCUT2D eigenvalue weighted by atomic mass is 32.1. The Morgan fingerprint density at radius 3 is 2.54 bits per heavy atom. The van der Waals surface area contributed by atoms with E-state index in [2.05, 4.69) is 9.73 Å². The normalized spacial score (nSPS) is 14.8. The Bertz CT molecular complexity index is 1010.